The lowest BCUT2D eigenvalue weighted by Gasteiger charge is -2.39. The Morgan fingerprint density at radius 3 is 2.08 bits per heavy atom. The van der Waals surface area contributed by atoms with Crippen molar-refractivity contribution in [1.29, 1.82) is 0 Å². The number of hydrogen-bond donors (Lipinski definition) is 0. The van der Waals surface area contributed by atoms with Gasteiger partial charge in [0, 0.05) is 5.41 Å². The molecule has 0 bridgehead atoms. The van der Waals surface area contributed by atoms with E-state index in [9.17, 15) is 4.79 Å². The van der Waals surface area contributed by atoms with Gasteiger partial charge in [-0.2, -0.15) is 0 Å². The van der Waals surface area contributed by atoms with E-state index in [1.54, 1.807) is 0 Å². The summed E-state index contributed by atoms with van der Waals surface area (Å²) in [6, 6.07) is 0. The van der Waals surface area contributed by atoms with Gasteiger partial charge < -0.3 is 4.79 Å². The van der Waals surface area contributed by atoms with Crippen LogP contribution in [0.4, 0.5) is 0 Å². The molecule has 0 aromatic rings. The Balaban J connectivity index is 2.55. The summed E-state index contributed by atoms with van der Waals surface area (Å²) in [5.41, 5.74) is 0.409. The molecule has 0 N–H and O–H groups in total. The fourth-order valence-electron chi connectivity index (χ4n) is 2.24. The molecule has 1 saturated carbocycles. The summed E-state index contributed by atoms with van der Waals surface area (Å²) in [4.78, 5) is 10.9. The molecular weight excluding hydrogens is 160 g/mol. The van der Waals surface area contributed by atoms with Crippen LogP contribution in [-0.2, 0) is 4.79 Å². The summed E-state index contributed by atoms with van der Waals surface area (Å²) in [6.07, 6.45) is 6.12. The van der Waals surface area contributed by atoms with Crippen molar-refractivity contribution in [1.82, 2.24) is 0 Å². The van der Waals surface area contributed by atoms with Gasteiger partial charge in [-0.05, 0) is 37.0 Å². The van der Waals surface area contributed by atoms with Gasteiger partial charge in [0.05, 0.1) is 0 Å². The van der Waals surface area contributed by atoms with Gasteiger partial charge in [-0.15, -0.1) is 0 Å². The van der Waals surface area contributed by atoms with Crippen molar-refractivity contribution in [2.45, 2.75) is 53.4 Å². The first-order valence-corrected chi connectivity index (χ1v) is 5.34. The van der Waals surface area contributed by atoms with E-state index in [4.69, 9.17) is 0 Å². The zero-order valence-corrected chi connectivity index (χ0v) is 9.39. The molecule has 1 aliphatic carbocycles. The Labute approximate surface area is 81.9 Å². The molecule has 1 fully saturated rings. The molecule has 0 amide bonds. The van der Waals surface area contributed by atoms with Gasteiger partial charge in [0.1, 0.15) is 6.29 Å². The van der Waals surface area contributed by atoms with Crippen molar-refractivity contribution < 1.29 is 4.79 Å². The second-order valence-electron chi connectivity index (χ2n) is 5.88. The van der Waals surface area contributed by atoms with E-state index in [1.165, 1.54) is 25.7 Å². The predicted octanol–water partition coefficient (Wildman–Crippen LogP) is 3.43. The van der Waals surface area contributed by atoms with Gasteiger partial charge in [-0.1, -0.05) is 27.7 Å². The van der Waals surface area contributed by atoms with Crippen LogP contribution in [0.15, 0.2) is 0 Å². The fourth-order valence-corrected chi connectivity index (χ4v) is 2.24. The summed E-state index contributed by atoms with van der Waals surface area (Å²) < 4.78 is 0. The van der Waals surface area contributed by atoms with Gasteiger partial charge in [0.25, 0.3) is 0 Å². The number of rotatable bonds is 2. The number of carbonyl (C=O) groups excluding carboxylic acids is 1. The highest BCUT2D eigenvalue weighted by Gasteiger charge is 2.35. The van der Waals surface area contributed by atoms with Crippen molar-refractivity contribution in [2.75, 3.05) is 0 Å². The first-order chi connectivity index (χ1) is 5.87. The highest BCUT2D eigenvalue weighted by molar-refractivity contribution is 5.58. The quantitative estimate of drug-likeness (QED) is 0.598. The van der Waals surface area contributed by atoms with Gasteiger partial charge >= 0.3 is 0 Å². The number of aldehydes is 1. The minimum Gasteiger partial charge on any atom is -0.303 e. The minimum atomic E-state index is -0.101. The van der Waals surface area contributed by atoms with E-state index < -0.39 is 0 Å². The molecule has 1 nitrogen and oxygen atoms in total. The maximum atomic E-state index is 10.9. The molecule has 13 heavy (non-hydrogen) atoms. The van der Waals surface area contributed by atoms with Gasteiger partial charge in [0.15, 0.2) is 0 Å². The summed E-state index contributed by atoms with van der Waals surface area (Å²) in [5, 5.41) is 0. The molecule has 1 heteroatoms. The van der Waals surface area contributed by atoms with Crippen LogP contribution >= 0.6 is 0 Å². The Morgan fingerprint density at radius 2 is 1.69 bits per heavy atom. The maximum absolute atomic E-state index is 10.9. The molecule has 0 saturated heterocycles. The summed E-state index contributed by atoms with van der Waals surface area (Å²) >= 11 is 0. The molecule has 0 heterocycles. The highest BCUT2D eigenvalue weighted by atomic mass is 16.1. The SMILES string of the molecule is CC1(C)CCC(C(C)(C)C=O)CC1. The molecule has 1 rings (SSSR count). The van der Waals surface area contributed by atoms with Gasteiger partial charge in [-0.3, -0.25) is 0 Å². The van der Waals surface area contributed by atoms with Gasteiger partial charge in [0.2, 0.25) is 0 Å². The van der Waals surface area contributed by atoms with E-state index in [-0.39, 0.29) is 5.41 Å². The van der Waals surface area contributed by atoms with Crippen molar-refractivity contribution in [3.63, 3.8) is 0 Å². The van der Waals surface area contributed by atoms with Crippen LogP contribution in [0.5, 0.6) is 0 Å². The Morgan fingerprint density at radius 1 is 1.23 bits per heavy atom. The van der Waals surface area contributed by atoms with E-state index >= 15 is 0 Å². The largest absolute Gasteiger partial charge is 0.303 e. The Hall–Kier alpha value is -0.330. The van der Waals surface area contributed by atoms with Crippen LogP contribution in [-0.4, -0.2) is 6.29 Å². The summed E-state index contributed by atoms with van der Waals surface area (Å²) in [5.74, 6) is 0.609. The normalized spacial score (nSPS) is 24.3. The standard InChI is InChI=1S/C12H22O/c1-11(2)7-5-10(6-8-11)12(3,4)9-13/h9-10H,5-8H2,1-4H3. The van der Waals surface area contributed by atoms with E-state index in [0.717, 1.165) is 6.29 Å². The maximum Gasteiger partial charge on any atom is 0.125 e. The first kappa shape index (κ1) is 10.7. The first-order valence-electron chi connectivity index (χ1n) is 5.34. The van der Waals surface area contributed by atoms with Crippen molar-refractivity contribution in [3.8, 4) is 0 Å². The van der Waals surface area contributed by atoms with Crippen LogP contribution < -0.4 is 0 Å². The molecular formula is C12H22O. The third-order valence-corrected chi connectivity index (χ3v) is 3.70. The molecule has 0 aliphatic heterocycles. The van der Waals surface area contributed by atoms with E-state index in [0.29, 0.717) is 11.3 Å². The lowest BCUT2D eigenvalue weighted by Crippen LogP contribution is -2.32. The summed E-state index contributed by atoms with van der Waals surface area (Å²) in [7, 11) is 0. The lowest BCUT2D eigenvalue weighted by molar-refractivity contribution is -0.118. The van der Waals surface area contributed by atoms with Crippen LogP contribution in [0.3, 0.4) is 0 Å². The zero-order chi connectivity index (χ0) is 10.1. The molecule has 0 spiro atoms. The van der Waals surface area contributed by atoms with Crippen LogP contribution in [0.2, 0.25) is 0 Å². The molecule has 0 radical (unpaired) electrons. The zero-order valence-electron chi connectivity index (χ0n) is 9.39. The number of carbonyl (C=O) groups is 1. The monoisotopic (exact) mass is 182 g/mol. The third kappa shape index (κ3) is 2.55. The Kier molecular flexibility index (Phi) is 2.84. The van der Waals surface area contributed by atoms with Crippen molar-refractivity contribution in [2.24, 2.45) is 16.7 Å². The average Bonchev–Trinajstić information content (AvgIpc) is 2.04. The highest BCUT2D eigenvalue weighted by Crippen LogP contribution is 2.44. The van der Waals surface area contributed by atoms with E-state index in [1.807, 2.05) is 0 Å². The fraction of sp³-hybridized carbons (Fsp3) is 0.917. The average molecular weight is 182 g/mol. The van der Waals surface area contributed by atoms with Crippen molar-refractivity contribution >= 4 is 6.29 Å². The molecule has 0 unspecified atom stereocenters. The smallest absolute Gasteiger partial charge is 0.125 e. The van der Waals surface area contributed by atoms with E-state index in [2.05, 4.69) is 27.7 Å². The molecule has 1 aliphatic rings. The molecule has 0 aromatic heterocycles. The third-order valence-electron chi connectivity index (χ3n) is 3.70. The lowest BCUT2D eigenvalue weighted by atomic mass is 9.65. The van der Waals surface area contributed by atoms with Gasteiger partial charge in [-0.25, -0.2) is 0 Å². The molecule has 0 aromatic carbocycles. The minimum absolute atomic E-state index is 0.101. The van der Waals surface area contributed by atoms with Crippen LogP contribution in [0, 0.1) is 16.7 Å². The Bertz CT molecular complexity index is 181. The number of hydrogen-bond acceptors (Lipinski definition) is 1. The second-order valence-corrected chi connectivity index (χ2v) is 5.88. The second kappa shape index (κ2) is 3.43. The van der Waals surface area contributed by atoms with Crippen LogP contribution in [0.1, 0.15) is 53.4 Å². The molecule has 76 valence electrons. The van der Waals surface area contributed by atoms with Crippen LogP contribution in [0.25, 0.3) is 0 Å². The van der Waals surface area contributed by atoms with Crippen molar-refractivity contribution in [3.05, 3.63) is 0 Å². The topological polar surface area (TPSA) is 17.1 Å². The molecule has 0 atom stereocenters. The predicted molar refractivity (Wildman–Crippen MR) is 55.6 cm³/mol. The summed E-state index contributed by atoms with van der Waals surface area (Å²) in [6.45, 7) is 8.81.